The summed E-state index contributed by atoms with van der Waals surface area (Å²) >= 11 is 0. The number of hydrogen-bond donors (Lipinski definition) is 0. The molecule has 5 heteroatoms. The zero-order chi connectivity index (χ0) is 15.3. The first-order valence-electron chi connectivity index (χ1n) is 7.43. The number of rotatable bonds is 4. The van der Waals surface area contributed by atoms with E-state index in [-0.39, 0.29) is 22.2 Å². The summed E-state index contributed by atoms with van der Waals surface area (Å²) in [5, 5.41) is -0.0324. The van der Waals surface area contributed by atoms with Crippen LogP contribution in [0.1, 0.15) is 39.4 Å². The zero-order valence-electron chi connectivity index (χ0n) is 13.0. The van der Waals surface area contributed by atoms with Crippen molar-refractivity contribution in [1.29, 1.82) is 0 Å². The molecule has 4 nitrogen and oxygen atoms in total. The minimum absolute atomic E-state index is 0.000773. The molecular formula is C16H23NO3S. The van der Waals surface area contributed by atoms with Gasteiger partial charge in [0.1, 0.15) is 16.7 Å². The summed E-state index contributed by atoms with van der Waals surface area (Å²) in [5.74, 6) is 1.02. The van der Waals surface area contributed by atoms with E-state index in [0.29, 0.717) is 11.7 Å². The number of ether oxygens (including phenoxy) is 1. The molecule has 1 heterocycles. The molecule has 5 atom stereocenters. The Morgan fingerprint density at radius 1 is 1.48 bits per heavy atom. The van der Waals surface area contributed by atoms with Crippen molar-refractivity contribution in [2.45, 2.75) is 45.0 Å². The molecule has 21 heavy (non-hydrogen) atoms. The lowest BCUT2D eigenvalue weighted by Crippen LogP contribution is -2.42. The van der Waals surface area contributed by atoms with Gasteiger partial charge in [-0.1, -0.05) is 20.8 Å². The summed E-state index contributed by atoms with van der Waals surface area (Å²) in [4.78, 5) is 0. The maximum atomic E-state index is 12.7. The molecular weight excluding hydrogens is 286 g/mol. The van der Waals surface area contributed by atoms with Crippen molar-refractivity contribution in [3.05, 3.63) is 24.2 Å². The highest BCUT2D eigenvalue weighted by Crippen LogP contribution is 2.67. The zero-order valence-corrected chi connectivity index (χ0v) is 13.9. The predicted octanol–water partition coefficient (Wildman–Crippen LogP) is 3.20. The second-order valence-corrected chi connectivity index (χ2v) is 8.24. The highest BCUT2D eigenvalue weighted by atomic mass is 32.2. The van der Waals surface area contributed by atoms with Crippen molar-refractivity contribution in [2.75, 3.05) is 7.11 Å². The third kappa shape index (κ3) is 2.05. The fraction of sp³-hybridized carbons (Fsp3) is 0.688. The van der Waals surface area contributed by atoms with Gasteiger partial charge in [-0.2, -0.15) is 4.40 Å². The van der Waals surface area contributed by atoms with Crippen LogP contribution >= 0.6 is 0 Å². The summed E-state index contributed by atoms with van der Waals surface area (Å²) in [6, 6.07) is 3.60. The number of fused-ring (bicyclic) bond motifs is 2. The molecule has 0 amide bonds. The maximum Gasteiger partial charge on any atom is 0.145 e. The Morgan fingerprint density at radius 3 is 2.86 bits per heavy atom. The largest absolute Gasteiger partial charge is 0.463 e. The Bertz CT molecular complexity index is 566. The minimum Gasteiger partial charge on any atom is -0.463 e. The van der Waals surface area contributed by atoms with E-state index in [2.05, 4.69) is 25.2 Å². The molecule has 3 rings (SSSR count). The van der Waals surface area contributed by atoms with Gasteiger partial charge in [0.25, 0.3) is 0 Å². The first-order chi connectivity index (χ1) is 9.91. The van der Waals surface area contributed by atoms with Gasteiger partial charge in [0.15, 0.2) is 0 Å². The van der Waals surface area contributed by atoms with Crippen LogP contribution in [0.25, 0.3) is 0 Å². The van der Waals surface area contributed by atoms with Crippen LogP contribution in [0, 0.1) is 16.7 Å². The summed E-state index contributed by atoms with van der Waals surface area (Å²) < 4.78 is 27.9. The van der Waals surface area contributed by atoms with E-state index in [1.807, 2.05) is 0 Å². The molecule has 2 bridgehead atoms. The standard InChI is InChI=1S/C16H23NO3S/c1-15(2)12-7-8-16(15,3)14(19-4)13(12)21(18)17-10-11-6-5-9-20-11/h5-6,9-10,12-14H,7-8H2,1-4H3/b17-10+/t12-,13-,14-,16+,21+/m1/s1. The van der Waals surface area contributed by atoms with Gasteiger partial charge in [-0.25, -0.2) is 4.21 Å². The quantitative estimate of drug-likeness (QED) is 0.803. The molecule has 2 aliphatic rings. The number of nitrogens with zero attached hydrogens (tertiary/aromatic N) is 1. The Labute approximate surface area is 128 Å². The van der Waals surface area contributed by atoms with Crippen LogP contribution in [0.4, 0.5) is 0 Å². The van der Waals surface area contributed by atoms with Gasteiger partial charge in [0, 0.05) is 12.5 Å². The molecule has 1 aromatic heterocycles. The first kappa shape index (κ1) is 15.0. The molecule has 2 aliphatic carbocycles. The van der Waals surface area contributed by atoms with Crippen LogP contribution in [0.5, 0.6) is 0 Å². The van der Waals surface area contributed by atoms with Crippen molar-refractivity contribution in [3.63, 3.8) is 0 Å². The molecule has 2 fully saturated rings. The van der Waals surface area contributed by atoms with Crippen LogP contribution in [-0.4, -0.2) is 28.9 Å². The van der Waals surface area contributed by atoms with E-state index in [1.165, 1.54) is 0 Å². The summed E-state index contributed by atoms with van der Waals surface area (Å²) in [6.07, 6.45) is 5.39. The molecule has 1 aromatic rings. The molecule has 0 aromatic carbocycles. The lowest BCUT2D eigenvalue weighted by atomic mass is 9.70. The normalized spacial score (nSPS) is 39.1. The molecule has 0 spiro atoms. The number of hydrogen-bond acceptors (Lipinski definition) is 3. The maximum absolute atomic E-state index is 12.7. The van der Waals surface area contributed by atoms with Gasteiger partial charge in [-0.3, -0.25) is 0 Å². The van der Waals surface area contributed by atoms with Crippen LogP contribution in [0.15, 0.2) is 27.2 Å². The minimum atomic E-state index is -1.30. The number of methoxy groups -OCH3 is 1. The molecule has 0 unspecified atom stereocenters. The van der Waals surface area contributed by atoms with E-state index in [0.717, 1.165) is 12.8 Å². The Morgan fingerprint density at radius 2 is 2.24 bits per heavy atom. The van der Waals surface area contributed by atoms with E-state index in [1.54, 1.807) is 31.7 Å². The monoisotopic (exact) mass is 309 g/mol. The molecule has 0 radical (unpaired) electrons. The Hall–Kier alpha value is -0.940. The lowest BCUT2D eigenvalue weighted by Gasteiger charge is -2.38. The highest BCUT2D eigenvalue weighted by molar-refractivity contribution is 7.84. The van der Waals surface area contributed by atoms with Gasteiger partial charge in [-0.05, 0) is 36.3 Å². The van der Waals surface area contributed by atoms with Crippen molar-refractivity contribution < 1.29 is 13.4 Å². The third-order valence-corrected chi connectivity index (χ3v) is 7.36. The van der Waals surface area contributed by atoms with E-state index in [9.17, 15) is 4.21 Å². The van der Waals surface area contributed by atoms with Crippen LogP contribution in [0.3, 0.4) is 0 Å². The van der Waals surface area contributed by atoms with Crippen LogP contribution < -0.4 is 0 Å². The van der Waals surface area contributed by atoms with Gasteiger partial charge in [0.05, 0.1) is 23.8 Å². The molecule has 0 aliphatic heterocycles. The average Bonchev–Trinajstić information content (AvgIpc) is 3.07. The topological polar surface area (TPSA) is 51.8 Å². The van der Waals surface area contributed by atoms with Crippen molar-refractivity contribution >= 4 is 17.2 Å². The predicted molar refractivity (Wildman–Crippen MR) is 83.6 cm³/mol. The van der Waals surface area contributed by atoms with E-state index < -0.39 is 11.0 Å². The molecule has 0 N–H and O–H groups in total. The van der Waals surface area contributed by atoms with Crippen molar-refractivity contribution in [3.8, 4) is 0 Å². The highest BCUT2D eigenvalue weighted by Gasteiger charge is 2.68. The summed E-state index contributed by atoms with van der Waals surface area (Å²) in [6.45, 7) is 6.84. The van der Waals surface area contributed by atoms with E-state index >= 15 is 0 Å². The van der Waals surface area contributed by atoms with Gasteiger partial charge in [-0.15, -0.1) is 0 Å². The van der Waals surface area contributed by atoms with Crippen LogP contribution in [-0.2, 0) is 15.7 Å². The second kappa shape index (κ2) is 5.06. The molecule has 116 valence electrons. The lowest BCUT2D eigenvalue weighted by molar-refractivity contribution is -0.0181. The molecule has 2 saturated carbocycles. The Balaban J connectivity index is 1.86. The fourth-order valence-electron chi connectivity index (χ4n) is 4.40. The number of furan rings is 1. The van der Waals surface area contributed by atoms with Crippen molar-refractivity contribution in [1.82, 2.24) is 0 Å². The van der Waals surface area contributed by atoms with Gasteiger partial charge >= 0.3 is 0 Å². The second-order valence-electron chi connectivity index (χ2n) is 6.93. The SMILES string of the molecule is CO[C@@H]1[C@H]([S@](=O)/N=C/c2ccco2)[C@H]2CC[C@]1(C)C2(C)C. The third-order valence-electron chi connectivity index (χ3n) is 6.01. The van der Waals surface area contributed by atoms with Crippen LogP contribution in [0.2, 0.25) is 0 Å². The summed E-state index contributed by atoms with van der Waals surface area (Å²) in [7, 11) is 0.432. The fourth-order valence-corrected chi connectivity index (χ4v) is 6.13. The summed E-state index contributed by atoms with van der Waals surface area (Å²) in [5.41, 5.74) is 0.209. The smallest absolute Gasteiger partial charge is 0.145 e. The Kier molecular flexibility index (Phi) is 3.61. The van der Waals surface area contributed by atoms with Crippen molar-refractivity contribution in [2.24, 2.45) is 21.1 Å². The molecule has 0 saturated heterocycles. The van der Waals surface area contributed by atoms with Gasteiger partial charge in [0.2, 0.25) is 0 Å². The average molecular weight is 309 g/mol. The first-order valence-corrected chi connectivity index (χ1v) is 8.60. The van der Waals surface area contributed by atoms with E-state index in [4.69, 9.17) is 9.15 Å². The van der Waals surface area contributed by atoms with Gasteiger partial charge < -0.3 is 9.15 Å².